The minimum absolute atomic E-state index is 0.101. The van der Waals surface area contributed by atoms with Gasteiger partial charge in [0.05, 0.1) is 32.0 Å². The number of nitrogens with zero attached hydrogens (tertiary/aromatic N) is 2. The molecule has 1 aliphatic rings. The number of hydrogen-bond donors (Lipinski definition) is 6. The van der Waals surface area contributed by atoms with E-state index in [0.717, 1.165) is 43.2 Å². The first-order chi connectivity index (χ1) is 20.5. The van der Waals surface area contributed by atoms with Crippen LogP contribution in [0.15, 0.2) is 47.6 Å². The smallest absolute Gasteiger partial charge is 0.320 e. The highest BCUT2D eigenvalue weighted by Crippen LogP contribution is 2.37. The molecule has 3 atom stereocenters. The number of aliphatic hydroxyl groups is 1. The molecule has 2 aromatic rings. The average molecular weight is 592 g/mol. The van der Waals surface area contributed by atoms with Crippen LogP contribution in [-0.4, -0.2) is 52.8 Å². The Kier molecular flexibility index (Phi) is 12.2. The van der Waals surface area contributed by atoms with Gasteiger partial charge in [-0.2, -0.15) is 0 Å². The fourth-order valence-corrected chi connectivity index (χ4v) is 5.33. The lowest BCUT2D eigenvalue weighted by atomic mass is 9.80. The molecule has 1 aromatic carbocycles. The van der Waals surface area contributed by atoms with Gasteiger partial charge in [-0.3, -0.25) is 25.7 Å². The molecule has 0 bridgehead atoms. The van der Waals surface area contributed by atoms with Crippen LogP contribution in [0.3, 0.4) is 0 Å². The number of urea groups is 1. The van der Waals surface area contributed by atoms with Gasteiger partial charge in [0, 0.05) is 24.0 Å². The standard InChI is InChI=1S/C33H49N7O3/c1-6-10-22(7-2)31(36)40-20-24(14-16-29(40)35)43-21-23-13-15-27(26-12-9-8-11-25(23)26)38-32(42)39-30(37-17-18-41)19-28(34)33(3,4)5/h8-9,11-12,14,16,20,22-23,27,34-36,41H,6-7,10,13,15,17-19,21H2,1-5H3,(H2,37,38,39,42). The molecule has 10 nitrogen and oxygen atoms in total. The van der Waals surface area contributed by atoms with Crippen LogP contribution in [0.1, 0.15) is 96.2 Å². The summed E-state index contributed by atoms with van der Waals surface area (Å²) in [6.07, 6.45) is 6.25. The molecular weight excluding hydrogens is 542 g/mol. The van der Waals surface area contributed by atoms with Crippen LogP contribution in [0.4, 0.5) is 4.79 Å². The highest BCUT2D eigenvalue weighted by atomic mass is 16.5. The Balaban J connectivity index is 1.69. The van der Waals surface area contributed by atoms with Crippen LogP contribution in [0, 0.1) is 27.6 Å². The summed E-state index contributed by atoms with van der Waals surface area (Å²) in [5.74, 6) is 1.64. The van der Waals surface area contributed by atoms with Gasteiger partial charge >= 0.3 is 6.03 Å². The Morgan fingerprint density at radius 2 is 1.86 bits per heavy atom. The first-order valence-corrected chi connectivity index (χ1v) is 15.4. The van der Waals surface area contributed by atoms with E-state index in [1.165, 1.54) is 0 Å². The maximum absolute atomic E-state index is 13.0. The Labute approximate surface area is 255 Å². The molecule has 0 spiro atoms. The van der Waals surface area contributed by atoms with E-state index in [0.29, 0.717) is 29.7 Å². The van der Waals surface area contributed by atoms with Gasteiger partial charge in [-0.25, -0.2) is 4.79 Å². The lowest BCUT2D eigenvalue weighted by Gasteiger charge is -2.32. The third-order valence-corrected chi connectivity index (χ3v) is 7.98. The molecule has 3 unspecified atom stereocenters. The number of ether oxygens (including phenoxy) is 1. The number of rotatable bonds is 12. The SMILES string of the molecule is CCCC(CC)C(=N)n1cc(OCC2CCC(NC(=O)NC(CC(=N)C(C)(C)C)=NCCO)c3ccccc32)ccc1=N. The molecule has 3 rings (SSSR count). The van der Waals surface area contributed by atoms with Crippen molar-refractivity contribution in [3.63, 3.8) is 0 Å². The van der Waals surface area contributed by atoms with Gasteiger partial charge in [0.2, 0.25) is 0 Å². The molecule has 0 aliphatic heterocycles. The van der Waals surface area contributed by atoms with E-state index in [-0.39, 0.29) is 54.4 Å². The fourth-order valence-electron chi connectivity index (χ4n) is 5.33. The van der Waals surface area contributed by atoms with Gasteiger partial charge in [-0.1, -0.05) is 65.3 Å². The van der Waals surface area contributed by atoms with Crippen LogP contribution in [0.25, 0.3) is 0 Å². The first-order valence-electron chi connectivity index (χ1n) is 15.4. The number of aliphatic hydroxyl groups excluding tert-OH is 1. The molecule has 0 radical (unpaired) electrons. The van der Waals surface area contributed by atoms with Gasteiger partial charge in [-0.05, 0) is 54.4 Å². The zero-order valence-corrected chi connectivity index (χ0v) is 26.3. The molecule has 1 aromatic heterocycles. The number of amides is 2. The largest absolute Gasteiger partial charge is 0.491 e. The van der Waals surface area contributed by atoms with Crippen molar-refractivity contribution in [3.8, 4) is 5.75 Å². The number of fused-ring (bicyclic) bond motifs is 1. The summed E-state index contributed by atoms with van der Waals surface area (Å²) in [5.41, 5.74) is 2.52. The highest BCUT2D eigenvalue weighted by molar-refractivity contribution is 6.09. The summed E-state index contributed by atoms with van der Waals surface area (Å²) in [6.45, 7) is 10.5. The molecule has 43 heavy (non-hydrogen) atoms. The summed E-state index contributed by atoms with van der Waals surface area (Å²) in [5, 5.41) is 40.5. The third-order valence-electron chi connectivity index (χ3n) is 7.98. The number of aromatic nitrogens is 1. The summed E-state index contributed by atoms with van der Waals surface area (Å²) in [6, 6.07) is 11.0. The number of pyridine rings is 1. The predicted octanol–water partition coefficient (Wildman–Crippen LogP) is 5.76. The zero-order chi connectivity index (χ0) is 31.6. The van der Waals surface area contributed by atoms with Crippen molar-refractivity contribution in [2.75, 3.05) is 19.8 Å². The van der Waals surface area contributed by atoms with Crippen molar-refractivity contribution < 1.29 is 14.6 Å². The second-order valence-corrected chi connectivity index (χ2v) is 12.2. The van der Waals surface area contributed by atoms with E-state index in [1.807, 2.05) is 39.0 Å². The Hall–Kier alpha value is -3.79. The molecule has 2 amide bonds. The van der Waals surface area contributed by atoms with Crippen molar-refractivity contribution in [1.29, 1.82) is 16.2 Å². The second-order valence-electron chi connectivity index (χ2n) is 12.2. The minimum Gasteiger partial charge on any atom is -0.491 e. The van der Waals surface area contributed by atoms with Gasteiger partial charge in [0.25, 0.3) is 0 Å². The number of benzene rings is 1. The van der Waals surface area contributed by atoms with Crippen molar-refractivity contribution in [2.24, 2.45) is 16.3 Å². The lowest BCUT2D eigenvalue weighted by Crippen LogP contribution is -2.43. The molecule has 0 saturated carbocycles. The first kappa shape index (κ1) is 33.7. The number of amidine groups is 1. The van der Waals surface area contributed by atoms with Gasteiger partial charge < -0.3 is 20.6 Å². The lowest BCUT2D eigenvalue weighted by molar-refractivity contribution is 0.235. The highest BCUT2D eigenvalue weighted by Gasteiger charge is 2.29. The summed E-state index contributed by atoms with van der Waals surface area (Å²) in [4.78, 5) is 17.3. The van der Waals surface area contributed by atoms with E-state index in [1.54, 1.807) is 22.9 Å². The monoisotopic (exact) mass is 591 g/mol. The average Bonchev–Trinajstić information content (AvgIpc) is 2.98. The number of aliphatic imine (C=N–C) groups is 1. The van der Waals surface area contributed by atoms with Gasteiger partial charge in [0.1, 0.15) is 22.9 Å². The van der Waals surface area contributed by atoms with Gasteiger partial charge in [-0.15, -0.1) is 0 Å². The summed E-state index contributed by atoms with van der Waals surface area (Å²) < 4.78 is 7.85. The van der Waals surface area contributed by atoms with Crippen molar-refractivity contribution in [1.82, 2.24) is 15.2 Å². The van der Waals surface area contributed by atoms with Crippen LogP contribution in [0.2, 0.25) is 0 Å². The van der Waals surface area contributed by atoms with E-state index in [2.05, 4.69) is 35.5 Å². The van der Waals surface area contributed by atoms with E-state index >= 15 is 0 Å². The van der Waals surface area contributed by atoms with E-state index in [9.17, 15) is 9.90 Å². The minimum atomic E-state index is -0.385. The Morgan fingerprint density at radius 1 is 1.14 bits per heavy atom. The number of nitrogens with one attached hydrogen (secondary N) is 5. The molecule has 1 heterocycles. The second kappa shape index (κ2) is 15.6. The molecule has 1 aliphatic carbocycles. The maximum atomic E-state index is 13.0. The zero-order valence-electron chi connectivity index (χ0n) is 26.3. The number of carbonyl (C=O) groups is 1. The van der Waals surface area contributed by atoms with Crippen LogP contribution in [-0.2, 0) is 0 Å². The van der Waals surface area contributed by atoms with Crippen molar-refractivity contribution in [3.05, 3.63) is 59.2 Å². The Morgan fingerprint density at radius 3 is 2.51 bits per heavy atom. The fraction of sp³-hybridized carbons (Fsp3) is 0.545. The van der Waals surface area contributed by atoms with Crippen LogP contribution < -0.4 is 20.9 Å². The maximum Gasteiger partial charge on any atom is 0.320 e. The Bertz CT molecular complexity index is 1360. The normalized spacial score (nSPS) is 17.5. The van der Waals surface area contributed by atoms with Crippen LogP contribution >= 0.6 is 0 Å². The van der Waals surface area contributed by atoms with E-state index in [4.69, 9.17) is 21.0 Å². The number of carbonyl (C=O) groups excluding carboxylic acids is 1. The molecule has 6 N–H and O–H groups in total. The third kappa shape index (κ3) is 9.35. The quantitative estimate of drug-likeness (QED) is 0.137. The molecular formula is C33H49N7O3. The molecule has 234 valence electrons. The van der Waals surface area contributed by atoms with Crippen molar-refractivity contribution >= 4 is 23.4 Å². The molecule has 0 saturated heterocycles. The molecule has 0 fully saturated rings. The van der Waals surface area contributed by atoms with Crippen molar-refractivity contribution in [2.45, 2.75) is 85.1 Å². The topological polar surface area (TPSA) is 159 Å². The van der Waals surface area contributed by atoms with Gasteiger partial charge in [0.15, 0.2) is 0 Å². The predicted molar refractivity (Wildman–Crippen MR) is 172 cm³/mol. The van der Waals surface area contributed by atoms with Crippen LogP contribution in [0.5, 0.6) is 5.75 Å². The molecule has 10 heteroatoms. The van der Waals surface area contributed by atoms with E-state index < -0.39 is 0 Å². The summed E-state index contributed by atoms with van der Waals surface area (Å²) >= 11 is 0. The number of hydrogen-bond acceptors (Lipinski definition) is 7. The summed E-state index contributed by atoms with van der Waals surface area (Å²) in [7, 11) is 0.